The van der Waals surface area contributed by atoms with E-state index in [-0.39, 0.29) is 30.9 Å². The van der Waals surface area contributed by atoms with Crippen molar-refractivity contribution in [3.63, 3.8) is 0 Å². The van der Waals surface area contributed by atoms with Gasteiger partial charge in [-0.25, -0.2) is 0 Å². The summed E-state index contributed by atoms with van der Waals surface area (Å²) in [6, 6.07) is 0. The van der Waals surface area contributed by atoms with Crippen LogP contribution in [0.15, 0.2) is 12.2 Å². The Hall–Kier alpha value is -1.32. The predicted molar refractivity (Wildman–Crippen MR) is 79.3 cm³/mol. The van der Waals surface area contributed by atoms with Crippen molar-refractivity contribution in [2.45, 2.75) is 71.8 Å². The normalized spacial score (nSPS) is 12.3. The van der Waals surface area contributed by atoms with Crippen molar-refractivity contribution < 1.29 is 19.1 Å². The van der Waals surface area contributed by atoms with Gasteiger partial charge in [0.25, 0.3) is 0 Å². The van der Waals surface area contributed by atoms with Gasteiger partial charge in [-0.1, -0.05) is 31.9 Å². The fraction of sp³-hybridized carbons (Fsp3) is 0.750. The quantitative estimate of drug-likeness (QED) is 0.329. The average molecular weight is 284 g/mol. The second-order valence-electron chi connectivity index (χ2n) is 4.90. The van der Waals surface area contributed by atoms with Crippen LogP contribution in [-0.4, -0.2) is 24.6 Å². The first-order valence-electron chi connectivity index (χ1n) is 7.56. The van der Waals surface area contributed by atoms with Gasteiger partial charge in [0.1, 0.15) is 6.61 Å². The maximum absolute atomic E-state index is 11.5. The molecular weight excluding hydrogens is 256 g/mol. The molecule has 0 bridgehead atoms. The second-order valence-corrected chi connectivity index (χ2v) is 4.90. The summed E-state index contributed by atoms with van der Waals surface area (Å²) in [5, 5.41) is 0. The van der Waals surface area contributed by atoms with E-state index in [0.29, 0.717) is 13.0 Å². The molecule has 0 aliphatic carbocycles. The third-order valence-corrected chi connectivity index (χ3v) is 2.88. The smallest absolute Gasteiger partial charge is 0.306 e. The minimum absolute atomic E-state index is 0.0318. The largest absolute Gasteiger partial charge is 0.463 e. The number of rotatable bonds is 11. The zero-order valence-corrected chi connectivity index (χ0v) is 13.0. The standard InChI is InChI=1S/C16H28O4/c1-4-6-8-10-14(3)20-16(18)12-9-11-15(17)19-13-7-5-2/h5,7,14H,4,6,8-13H2,1-3H3/b7-5+. The highest BCUT2D eigenvalue weighted by Crippen LogP contribution is 2.08. The Morgan fingerprint density at radius 2 is 1.80 bits per heavy atom. The monoisotopic (exact) mass is 284 g/mol. The van der Waals surface area contributed by atoms with Gasteiger partial charge in [-0.05, 0) is 33.1 Å². The summed E-state index contributed by atoms with van der Waals surface area (Å²) in [5.41, 5.74) is 0. The topological polar surface area (TPSA) is 52.6 Å². The first kappa shape index (κ1) is 18.7. The number of carbonyl (C=O) groups is 2. The molecule has 0 amide bonds. The highest BCUT2D eigenvalue weighted by Gasteiger charge is 2.10. The molecule has 0 aromatic carbocycles. The number of hydrogen-bond donors (Lipinski definition) is 0. The molecule has 0 fully saturated rings. The van der Waals surface area contributed by atoms with Crippen molar-refractivity contribution in [2.75, 3.05) is 6.61 Å². The third kappa shape index (κ3) is 11.8. The van der Waals surface area contributed by atoms with Gasteiger partial charge in [0.15, 0.2) is 0 Å². The van der Waals surface area contributed by atoms with Crippen molar-refractivity contribution in [3.8, 4) is 0 Å². The molecule has 0 aromatic heterocycles. The van der Waals surface area contributed by atoms with Crippen LogP contribution in [0, 0.1) is 0 Å². The van der Waals surface area contributed by atoms with Gasteiger partial charge in [0, 0.05) is 12.8 Å². The van der Waals surface area contributed by atoms with E-state index >= 15 is 0 Å². The summed E-state index contributed by atoms with van der Waals surface area (Å²) >= 11 is 0. The lowest BCUT2D eigenvalue weighted by atomic mass is 10.1. The number of ether oxygens (including phenoxy) is 2. The van der Waals surface area contributed by atoms with Crippen molar-refractivity contribution in [1.82, 2.24) is 0 Å². The fourth-order valence-corrected chi connectivity index (χ4v) is 1.71. The van der Waals surface area contributed by atoms with E-state index in [1.807, 2.05) is 19.9 Å². The highest BCUT2D eigenvalue weighted by molar-refractivity contribution is 5.72. The summed E-state index contributed by atoms with van der Waals surface area (Å²) in [6.45, 7) is 6.23. The lowest BCUT2D eigenvalue weighted by Gasteiger charge is -2.12. The predicted octanol–water partition coefficient (Wildman–Crippen LogP) is 3.79. The molecule has 116 valence electrons. The Kier molecular flexibility index (Phi) is 11.9. The molecule has 0 aromatic rings. The third-order valence-electron chi connectivity index (χ3n) is 2.88. The van der Waals surface area contributed by atoms with E-state index in [9.17, 15) is 9.59 Å². The van der Waals surface area contributed by atoms with E-state index < -0.39 is 0 Å². The van der Waals surface area contributed by atoms with Crippen molar-refractivity contribution >= 4 is 11.9 Å². The maximum atomic E-state index is 11.5. The van der Waals surface area contributed by atoms with Crippen LogP contribution >= 0.6 is 0 Å². The zero-order valence-electron chi connectivity index (χ0n) is 13.0. The number of carbonyl (C=O) groups excluding carboxylic acids is 2. The molecule has 0 saturated carbocycles. The number of esters is 2. The summed E-state index contributed by atoms with van der Waals surface area (Å²) in [7, 11) is 0. The number of unbranched alkanes of at least 4 members (excludes halogenated alkanes) is 2. The lowest BCUT2D eigenvalue weighted by Crippen LogP contribution is -2.15. The molecule has 0 aliphatic rings. The summed E-state index contributed by atoms with van der Waals surface area (Å²) in [5.74, 6) is -0.498. The van der Waals surface area contributed by atoms with Crippen LogP contribution in [0.5, 0.6) is 0 Å². The van der Waals surface area contributed by atoms with E-state index in [2.05, 4.69) is 6.92 Å². The number of allylic oxidation sites excluding steroid dienone is 1. The molecule has 4 nitrogen and oxygen atoms in total. The van der Waals surface area contributed by atoms with Gasteiger partial charge in [0.2, 0.25) is 0 Å². The molecule has 1 atom stereocenters. The van der Waals surface area contributed by atoms with Gasteiger partial charge in [0.05, 0.1) is 6.10 Å². The van der Waals surface area contributed by atoms with Crippen LogP contribution in [0.25, 0.3) is 0 Å². The molecule has 0 saturated heterocycles. The Balaban J connectivity index is 3.59. The van der Waals surface area contributed by atoms with Crippen LogP contribution in [-0.2, 0) is 19.1 Å². The summed E-state index contributed by atoms with van der Waals surface area (Å²) < 4.78 is 10.2. The van der Waals surface area contributed by atoms with E-state index in [1.165, 1.54) is 6.42 Å². The van der Waals surface area contributed by atoms with Crippen molar-refractivity contribution in [3.05, 3.63) is 12.2 Å². The number of hydrogen-bond acceptors (Lipinski definition) is 4. The molecule has 0 spiro atoms. The van der Waals surface area contributed by atoms with E-state index in [0.717, 1.165) is 19.3 Å². The average Bonchev–Trinajstić information content (AvgIpc) is 2.39. The van der Waals surface area contributed by atoms with Gasteiger partial charge in [-0.2, -0.15) is 0 Å². The van der Waals surface area contributed by atoms with Gasteiger partial charge < -0.3 is 9.47 Å². The zero-order chi connectivity index (χ0) is 15.2. The molecule has 1 unspecified atom stereocenters. The molecular formula is C16H28O4. The van der Waals surface area contributed by atoms with Crippen LogP contribution < -0.4 is 0 Å². The van der Waals surface area contributed by atoms with Crippen LogP contribution in [0.3, 0.4) is 0 Å². The highest BCUT2D eigenvalue weighted by atomic mass is 16.5. The van der Waals surface area contributed by atoms with Crippen LogP contribution in [0.4, 0.5) is 0 Å². The molecule has 20 heavy (non-hydrogen) atoms. The first-order chi connectivity index (χ1) is 9.60. The van der Waals surface area contributed by atoms with Gasteiger partial charge >= 0.3 is 11.9 Å². The van der Waals surface area contributed by atoms with Crippen molar-refractivity contribution in [2.24, 2.45) is 0 Å². The summed E-state index contributed by atoms with van der Waals surface area (Å²) in [4.78, 5) is 22.8. The Morgan fingerprint density at radius 1 is 1.10 bits per heavy atom. The van der Waals surface area contributed by atoms with E-state index in [1.54, 1.807) is 6.08 Å². The first-order valence-corrected chi connectivity index (χ1v) is 7.56. The van der Waals surface area contributed by atoms with E-state index in [4.69, 9.17) is 9.47 Å². The maximum Gasteiger partial charge on any atom is 0.306 e. The second kappa shape index (κ2) is 12.7. The van der Waals surface area contributed by atoms with Gasteiger partial charge in [-0.3, -0.25) is 9.59 Å². The van der Waals surface area contributed by atoms with Crippen molar-refractivity contribution in [1.29, 1.82) is 0 Å². The molecule has 0 radical (unpaired) electrons. The molecule has 4 heteroatoms. The van der Waals surface area contributed by atoms with Gasteiger partial charge in [-0.15, -0.1) is 0 Å². The molecule has 0 aliphatic heterocycles. The van der Waals surface area contributed by atoms with Crippen LogP contribution in [0.1, 0.15) is 65.7 Å². The fourth-order valence-electron chi connectivity index (χ4n) is 1.71. The molecule has 0 rings (SSSR count). The SMILES string of the molecule is C/C=C/COC(=O)CCCC(=O)OC(C)CCCCC. The summed E-state index contributed by atoms with van der Waals surface area (Å²) in [6.07, 6.45) is 8.90. The minimum Gasteiger partial charge on any atom is -0.463 e. The Morgan fingerprint density at radius 3 is 2.45 bits per heavy atom. The minimum atomic E-state index is -0.271. The molecule has 0 heterocycles. The Labute approximate surface area is 122 Å². The van der Waals surface area contributed by atoms with Crippen LogP contribution in [0.2, 0.25) is 0 Å². The Bertz CT molecular complexity index is 297. The molecule has 0 N–H and O–H groups in total. The lowest BCUT2D eigenvalue weighted by molar-refractivity contribution is -0.149.